The van der Waals surface area contributed by atoms with Crippen LogP contribution in [0, 0.1) is 5.92 Å². The highest BCUT2D eigenvalue weighted by Crippen LogP contribution is 2.19. The fourth-order valence-corrected chi connectivity index (χ4v) is 0.816. The van der Waals surface area contributed by atoms with Crippen molar-refractivity contribution < 1.29 is 0 Å². The zero-order valence-corrected chi connectivity index (χ0v) is 6.51. The van der Waals surface area contributed by atoms with Gasteiger partial charge in [0.25, 0.3) is 0 Å². The van der Waals surface area contributed by atoms with Crippen molar-refractivity contribution in [2.24, 2.45) is 5.92 Å². The molecular weight excluding hydrogens is 128 g/mol. The summed E-state index contributed by atoms with van der Waals surface area (Å²) in [6.45, 7) is 4.24. The summed E-state index contributed by atoms with van der Waals surface area (Å²) < 4.78 is 0.292. The summed E-state index contributed by atoms with van der Waals surface area (Å²) in [6.07, 6.45) is 2.03. The largest absolute Gasteiger partial charge is 0.145 e. The standard InChI is InChI=1S/C5H11ClS/c1-4(2)5(6)7-3/h4-5H,1-3H3. The van der Waals surface area contributed by atoms with E-state index in [1.165, 1.54) is 0 Å². The Balaban J connectivity index is 3.14. The highest BCUT2D eigenvalue weighted by molar-refractivity contribution is 8.00. The van der Waals surface area contributed by atoms with Crippen LogP contribution in [0.2, 0.25) is 0 Å². The fraction of sp³-hybridized carbons (Fsp3) is 1.00. The predicted octanol–water partition coefficient (Wildman–Crippen LogP) is 2.57. The second-order valence-corrected chi connectivity index (χ2v) is 3.54. The van der Waals surface area contributed by atoms with Gasteiger partial charge >= 0.3 is 0 Å². The highest BCUT2D eigenvalue weighted by Gasteiger charge is 2.04. The van der Waals surface area contributed by atoms with Gasteiger partial charge in [0.05, 0.1) is 4.71 Å². The van der Waals surface area contributed by atoms with Crippen LogP contribution in [0.3, 0.4) is 0 Å². The summed E-state index contributed by atoms with van der Waals surface area (Å²) in [7, 11) is 0. The van der Waals surface area contributed by atoms with E-state index in [4.69, 9.17) is 11.6 Å². The van der Waals surface area contributed by atoms with Crippen LogP contribution in [0.5, 0.6) is 0 Å². The van der Waals surface area contributed by atoms with Gasteiger partial charge in [0.15, 0.2) is 0 Å². The monoisotopic (exact) mass is 138 g/mol. The summed E-state index contributed by atoms with van der Waals surface area (Å²) in [6, 6.07) is 0. The second kappa shape index (κ2) is 3.62. The maximum Gasteiger partial charge on any atom is 0.0808 e. The molecule has 7 heavy (non-hydrogen) atoms. The number of thioether (sulfide) groups is 1. The molecule has 44 valence electrons. The summed E-state index contributed by atoms with van der Waals surface area (Å²) in [5, 5.41) is 0. The number of halogens is 1. The molecule has 0 aromatic rings. The second-order valence-electron chi connectivity index (χ2n) is 1.83. The van der Waals surface area contributed by atoms with Gasteiger partial charge in [-0.15, -0.1) is 23.4 Å². The third kappa shape index (κ3) is 3.24. The van der Waals surface area contributed by atoms with Gasteiger partial charge < -0.3 is 0 Å². The van der Waals surface area contributed by atoms with Crippen LogP contribution in [0.15, 0.2) is 0 Å². The molecule has 0 saturated carbocycles. The van der Waals surface area contributed by atoms with Gasteiger partial charge in [-0.25, -0.2) is 0 Å². The molecule has 2 heteroatoms. The minimum absolute atomic E-state index is 0.292. The molecule has 0 aliphatic heterocycles. The first kappa shape index (κ1) is 7.64. The van der Waals surface area contributed by atoms with Crippen molar-refractivity contribution in [2.75, 3.05) is 6.26 Å². The SMILES string of the molecule is CSC(Cl)C(C)C. The number of rotatable bonds is 2. The minimum atomic E-state index is 0.292. The Kier molecular flexibility index (Phi) is 3.95. The molecule has 1 atom stereocenters. The number of hydrogen-bond donors (Lipinski definition) is 0. The molecule has 0 bridgehead atoms. The molecule has 0 saturated heterocycles. The lowest BCUT2D eigenvalue weighted by Gasteiger charge is -2.07. The molecule has 0 aliphatic carbocycles. The summed E-state index contributed by atoms with van der Waals surface area (Å²) in [5.74, 6) is 0.594. The Morgan fingerprint density at radius 2 is 1.86 bits per heavy atom. The maximum absolute atomic E-state index is 5.76. The molecule has 0 heterocycles. The quantitative estimate of drug-likeness (QED) is 0.529. The van der Waals surface area contributed by atoms with Crippen LogP contribution in [-0.4, -0.2) is 11.0 Å². The van der Waals surface area contributed by atoms with Crippen LogP contribution < -0.4 is 0 Å². The molecule has 0 aromatic carbocycles. The molecular formula is C5H11ClS. The van der Waals surface area contributed by atoms with E-state index in [-0.39, 0.29) is 0 Å². The van der Waals surface area contributed by atoms with Crippen LogP contribution in [-0.2, 0) is 0 Å². The van der Waals surface area contributed by atoms with E-state index in [0.717, 1.165) is 0 Å². The predicted molar refractivity (Wildman–Crippen MR) is 38.0 cm³/mol. The van der Waals surface area contributed by atoms with Gasteiger partial charge in [-0.2, -0.15) is 0 Å². The number of hydrogen-bond acceptors (Lipinski definition) is 1. The van der Waals surface area contributed by atoms with Crippen molar-refractivity contribution in [1.82, 2.24) is 0 Å². The molecule has 0 aliphatic rings. The molecule has 0 amide bonds. The lowest BCUT2D eigenvalue weighted by molar-refractivity contribution is 0.715. The molecule has 0 spiro atoms. The van der Waals surface area contributed by atoms with E-state index in [9.17, 15) is 0 Å². The molecule has 0 rings (SSSR count). The third-order valence-corrected chi connectivity index (χ3v) is 2.78. The van der Waals surface area contributed by atoms with Crippen LogP contribution in [0.1, 0.15) is 13.8 Å². The Hall–Kier alpha value is 0.640. The van der Waals surface area contributed by atoms with Gasteiger partial charge in [0, 0.05) is 0 Å². The van der Waals surface area contributed by atoms with E-state index in [0.29, 0.717) is 10.6 Å². The average Bonchev–Trinajstić information content (AvgIpc) is 1.65. The summed E-state index contributed by atoms with van der Waals surface area (Å²) >= 11 is 7.46. The lowest BCUT2D eigenvalue weighted by atomic mass is 10.3. The molecule has 1 unspecified atom stereocenters. The van der Waals surface area contributed by atoms with Gasteiger partial charge in [0.1, 0.15) is 0 Å². The van der Waals surface area contributed by atoms with Crippen LogP contribution >= 0.6 is 23.4 Å². The van der Waals surface area contributed by atoms with Gasteiger partial charge in [0.2, 0.25) is 0 Å². The molecule has 0 nitrogen and oxygen atoms in total. The Bertz CT molecular complexity index is 45.3. The minimum Gasteiger partial charge on any atom is -0.145 e. The van der Waals surface area contributed by atoms with E-state index < -0.39 is 0 Å². The third-order valence-electron chi connectivity index (χ3n) is 0.749. The topological polar surface area (TPSA) is 0 Å². The van der Waals surface area contributed by atoms with Gasteiger partial charge in [-0.05, 0) is 12.2 Å². The van der Waals surface area contributed by atoms with Crippen molar-refractivity contribution >= 4 is 23.4 Å². The zero-order valence-electron chi connectivity index (χ0n) is 4.94. The number of alkyl halides is 1. The van der Waals surface area contributed by atoms with E-state index >= 15 is 0 Å². The van der Waals surface area contributed by atoms with Crippen LogP contribution in [0.4, 0.5) is 0 Å². The molecule has 0 N–H and O–H groups in total. The first-order valence-corrected chi connectivity index (χ1v) is 4.07. The van der Waals surface area contributed by atoms with Crippen molar-refractivity contribution in [2.45, 2.75) is 18.6 Å². The Morgan fingerprint density at radius 1 is 1.43 bits per heavy atom. The molecule has 0 radical (unpaired) electrons. The first-order chi connectivity index (χ1) is 3.18. The first-order valence-electron chi connectivity index (χ1n) is 2.35. The molecule has 0 fully saturated rings. The van der Waals surface area contributed by atoms with Crippen molar-refractivity contribution in [3.8, 4) is 0 Å². The van der Waals surface area contributed by atoms with Gasteiger partial charge in [-0.1, -0.05) is 13.8 Å². The molecule has 0 aromatic heterocycles. The summed E-state index contributed by atoms with van der Waals surface area (Å²) in [4.78, 5) is 0. The summed E-state index contributed by atoms with van der Waals surface area (Å²) in [5.41, 5.74) is 0. The van der Waals surface area contributed by atoms with E-state index in [2.05, 4.69) is 13.8 Å². The van der Waals surface area contributed by atoms with Crippen molar-refractivity contribution in [3.05, 3.63) is 0 Å². The average molecular weight is 139 g/mol. The van der Waals surface area contributed by atoms with Crippen molar-refractivity contribution in [3.63, 3.8) is 0 Å². The highest BCUT2D eigenvalue weighted by atomic mass is 35.5. The van der Waals surface area contributed by atoms with E-state index in [1.54, 1.807) is 11.8 Å². The van der Waals surface area contributed by atoms with Crippen LogP contribution in [0.25, 0.3) is 0 Å². The Morgan fingerprint density at radius 3 is 1.86 bits per heavy atom. The normalized spacial score (nSPS) is 15.0. The lowest BCUT2D eigenvalue weighted by Crippen LogP contribution is -2.00. The van der Waals surface area contributed by atoms with E-state index in [1.807, 2.05) is 6.26 Å². The Labute approximate surface area is 54.6 Å². The maximum atomic E-state index is 5.76. The van der Waals surface area contributed by atoms with Gasteiger partial charge in [-0.3, -0.25) is 0 Å². The smallest absolute Gasteiger partial charge is 0.0808 e. The van der Waals surface area contributed by atoms with Crippen molar-refractivity contribution in [1.29, 1.82) is 0 Å². The zero-order chi connectivity index (χ0) is 5.86. The fourth-order valence-electron chi connectivity index (χ4n) is 0.272.